The molecular formula is C22H36IN5OS. The standard InChI is InChI=1S/C22H35N5OS.HI/c1-5-19-7-8-20(29-19)14-25-22(23-6-2)24-13-18-9-11-27(12-10-18)15-21-26-16(3)17(4)28-21;/h7-8,18H,5-6,9-15H2,1-4H3,(H2,23,24,25);1H. The third-order valence-electron chi connectivity index (χ3n) is 5.50. The number of hydrogen-bond acceptors (Lipinski definition) is 5. The predicted octanol–water partition coefficient (Wildman–Crippen LogP) is 4.50. The Morgan fingerprint density at radius 2 is 1.93 bits per heavy atom. The number of guanidine groups is 1. The van der Waals surface area contributed by atoms with Crippen molar-refractivity contribution in [3.05, 3.63) is 39.2 Å². The Kier molecular flexibility index (Phi) is 10.6. The summed E-state index contributed by atoms with van der Waals surface area (Å²) in [4.78, 5) is 14.5. The van der Waals surface area contributed by atoms with Crippen LogP contribution >= 0.6 is 35.3 Å². The summed E-state index contributed by atoms with van der Waals surface area (Å²) >= 11 is 1.86. The van der Waals surface area contributed by atoms with Crippen molar-refractivity contribution < 1.29 is 4.42 Å². The minimum Gasteiger partial charge on any atom is -0.444 e. The first-order valence-electron chi connectivity index (χ1n) is 10.8. The van der Waals surface area contributed by atoms with Gasteiger partial charge in [-0.25, -0.2) is 9.98 Å². The zero-order valence-corrected chi connectivity index (χ0v) is 21.8. The van der Waals surface area contributed by atoms with Crippen LogP contribution in [-0.4, -0.2) is 42.0 Å². The van der Waals surface area contributed by atoms with Gasteiger partial charge in [0.15, 0.2) is 5.96 Å². The number of nitrogens with zero attached hydrogens (tertiary/aromatic N) is 3. The van der Waals surface area contributed by atoms with Gasteiger partial charge in [-0.3, -0.25) is 4.90 Å². The summed E-state index contributed by atoms with van der Waals surface area (Å²) in [6.45, 7) is 13.9. The zero-order valence-electron chi connectivity index (χ0n) is 18.7. The van der Waals surface area contributed by atoms with E-state index in [0.29, 0.717) is 5.92 Å². The third-order valence-corrected chi connectivity index (χ3v) is 6.71. The van der Waals surface area contributed by atoms with Crippen molar-refractivity contribution in [2.75, 3.05) is 26.2 Å². The smallest absolute Gasteiger partial charge is 0.208 e. The quantitative estimate of drug-likeness (QED) is 0.291. The Bertz CT molecular complexity index is 776. The van der Waals surface area contributed by atoms with Crippen LogP contribution in [0.2, 0.25) is 0 Å². The number of thiophene rings is 1. The molecule has 2 N–H and O–H groups in total. The highest BCUT2D eigenvalue weighted by atomic mass is 127. The van der Waals surface area contributed by atoms with Gasteiger partial charge < -0.3 is 15.1 Å². The van der Waals surface area contributed by atoms with Crippen molar-refractivity contribution in [2.45, 2.75) is 60.0 Å². The second kappa shape index (κ2) is 12.7. The summed E-state index contributed by atoms with van der Waals surface area (Å²) < 4.78 is 5.73. The summed E-state index contributed by atoms with van der Waals surface area (Å²) in [6, 6.07) is 4.41. The van der Waals surface area contributed by atoms with E-state index in [0.717, 1.165) is 69.0 Å². The minimum atomic E-state index is 0. The molecule has 0 radical (unpaired) electrons. The summed E-state index contributed by atoms with van der Waals surface area (Å²) in [5, 5.41) is 6.93. The average molecular weight is 546 g/mol. The Labute approximate surface area is 202 Å². The highest BCUT2D eigenvalue weighted by Crippen LogP contribution is 2.20. The molecule has 3 heterocycles. The Morgan fingerprint density at radius 3 is 2.53 bits per heavy atom. The van der Waals surface area contributed by atoms with Gasteiger partial charge in [-0.1, -0.05) is 6.92 Å². The van der Waals surface area contributed by atoms with Crippen LogP contribution in [0, 0.1) is 19.8 Å². The van der Waals surface area contributed by atoms with E-state index in [1.54, 1.807) is 0 Å². The average Bonchev–Trinajstić information content (AvgIpc) is 3.31. The molecule has 1 fully saturated rings. The van der Waals surface area contributed by atoms with E-state index in [-0.39, 0.29) is 24.0 Å². The van der Waals surface area contributed by atoms with Gasteiger partial charge in [-0.05, 0) is 71.2 Å². The van der Waals surface area contributed by atoms with Crippen LogP contribution in [0.5, 0.6) is 0 Å². The molecule has 0 amide bonds. The molecule has 0 unspecified atom stereocenters. The lowest BCUT2D eigenvalue weighted by atomic mass is 9.97. The normalized spacial score (nSPS) is 15.8. The Hall–Kier alpha value is -1.13. The van der Waals surface area contributed by atoms with E-state index in [1.165, 1.54) is 22.6 Å². The van der Waals surface area contributed by atoms with Crippen LogP contribution in [0.3, 0.4) is 0 Å². The molecular weight excluding hydrogens is 509 g/mol. The number of likely N-dealkylation sites (tertiary alicyclic amines) is 1. The van der Waals surface area contributed by atoms with E-state index in [9.17, 15) is 0 Å². The number of aryl methyl sites for hydroxylation is 3. The van der Waals surface area contributed by atoms with E-state index in [2.05, 4.69) is 46.5 Å². The van der Waals surface area contributed by atoms with Gasteiger partial charge in [-0.15, -0.1) is 35.3 Å². The minimum absolute atomic E-state index is 0. The molecule has 6 nitrogen and oxygen atoms in total. The first kappa shape index (κ1) is 25.1. The summed E-state index contributed by atoms with van der Waals surface area (Å²) in [5.74, 6) is 3.38. The van der Waals surface area contributed by atoms with Gasteiger partial charge in [0.05, 0.1) is 18.8 Å². The van der Waals surface area contributed by atoms with E-state index in [4.69, 9.17) is 9.41 Å². The maximum atomic E-state index is 5.73. The Balaban J connectivity index is 0.00000320. The van der Waals surface area contributed by atoms with Crippen LogP contribution in [0.25, 0.3) is 0 Å². The van der Waals surface area contributed by atoms with Crippen LogP contribution in [-0.2, 0) is 19.5 Å². The fraction of sp³-hybridized carbons (Fsp3) is 0.636. The molecule has 0 atom stereocenters. The van der Waals surface area contributed by atoms with Crippen LogP contribution < -0.4 is 10.6 Å². The van der Waals surface area contributed by atoms with Crippen molar-refractivity contribution in [3.8, 4) is 0 Å². The van der Waals surface area contributed by atoms with Crippen molar-refractivity contribution >= 4 is 41.3 Å². The summed E-state index contributed by atoms with van der Waals surface area (Å²) in [7, 11) is 0. The molecule has 168 valence electrons. The molecule has 2 aromatic heterocycles. The summed E-state index contributed by atoms with van der Waals surface area (Å²) in [6.07, 6.45) is 3.48. The molecule has 1 aliphatic heterocycles. The van der Waals surface area contributed by atoms with Gasteiger partial charge in [0, 0.05) is 22.8 Å². The fourth-order valence-corrected chi connectivity index (χ4v) is 4.47. The monoisotopic (exact) mass is 545 g/mol. The van der Waals surface area contributed by atoms with Gasteiger partial charge in [0.25, 0.3) is 0 Å². The predicted molar refractivity (Wildman–Crippen MR) is 136 cm³/mol. The van der Waals surface area contributed by atoms with E-state index >= 15 is 0 Å². The Morgan fingerprint density at radius 1 is 1.20 bits per heavy atom. The van der Waals surface area contributed by atoms with Gasteiger partial charge in [0.1, 0.15) is 5.76 Å². The zero-order chi connectivity index (χ0) is 20.6. The van der Waals surface area contributed by atoms with E-state index < -0.39 is 0 Å². The van der Waals surface area contributed by atoms with Crippen molar-refractivity contribution in [1.82, 2.24) is 20.5 Å². The second-order valence-corrected chi connectivity index (χ2v) is 9.02. The third kappa shape index (κ3) is 7.53. The molecule has 8 heteroatoms. The topological polar surface area (TPSA) is 65.7 Å². The first-order valence-corrected chi connectivity index (χ1v) is 11.6. The molecule has 1 saturated heterocycles. The number of piperidine rings is 1. The number of halogens is 1. The highest BCUT2D eigenvalue weighted by Gasteiger charge is 2.21. The molecule has 3 rings (SSSR count). The maximum Gasteiger partial charge on any atom is 0.208 e. The first-order chi connectivity index (χ1) is 14.1. The molecule has 1 aliphatic rings. The van der Waals surface area contributed by atoms with Crippen molar-refractivity contribution in [3.63, 3.8) is 0 Å². The molecule has 0 saturated carbocycles. The van der Waals surface area contributed by atoms with Crippen LogP contribution in [0.1, 0.15) is 53.8 Å². The molecule has 0 spiro atoms. The van der Waals surface area contributed by atoms with Gasteiger partial charge in [-0.2, -0.15) is 0 Å². The lowest BCUT2D eigenvalue weighted by Gasteiger charge is -2.31. The van der Waals surface area contributed by atoms with E-state index in [1.807, 2.05) is 25.2 Å². The number of aromatic nitrogens is 1. The van der Waals surface area contributed by atoms with Crippen molar-refractivity contribution in [1.29, 1.82) is 0 Å². The van der Waals surface area contributed by atoms with Gasteiger partial charge in [0.2, 0.25) is 5.89 Å². The van der Waals surface area contributed by atoms with Crippen LogP contribution in [0.4, 0.5) is 0 Å². The number of rotatable bonds is 8. The SMILES string of the molecule is CCNC(=NCc1ccc(CC)s1)NCC1CCN(Cc2nc(C)c(C)o2)CC1.I. The number of hydrogen-bond donors (Lipinski definition) is 2. The number of nitrogens with one attached hydrogen (secondary N) is 2. The number of oxazole rings is 1. The fourth-order valence-electron chi connectivity index (χ4n) is 3.58. The molecule has 0 bridgehead atoms. The maximum absolute atomic E-state index is 5.73. The molecule has 2 aromatic rings. The second-order valence-electron chi connectivity index (χ2n) is 7.77. The van der Waals surface area contributed by atoms with Crippen molar-refractivity contribution in [2.24, 2.45) is 10.9 Å². The molecule has 0 aromatic carbocycles. The largest absolute Gasteiger partial charge is 0.444 e. The molecule has 30 heavy (non-hydrogen) atoms. The molecule has 0 aliphatic carbocycles. The lowest BCUT2D eigenvalue weighted by molar-refractivity contribution is 0.164. The highest BCUT2D eigenvalue weighted by molar-refractivity contribution is 14.0. The summed E-state index contributed by atoms with van der Waals surface area (Å²) in [5.41, 5.74) is 1.00. The van der Waals surface area contributed by atoms with Gasteiger partial charge >= 0.3 is 0 Å². The van der Waals surface area contributed by atoms with Crippen LogP contribution in [0.15, 0.2) is 21.5 Å². The number of aliphatic imine (C=N–C) groups is 1. The lowest BCUT2D eigenvalue weighted by Crippen LogP contribution is -2.42.